The topological polar surface area (TPSA) is 314 Å². The standard InChI is InChI=1S/C20H24FN10O11P/c21-19-26-13(22)7-14(27-19)30(3-24-7)17-11(35)9(33)6(41-17)2-39-43(37,38)42-12-10(34)5(1-32)40-18(12)31-4-25-8-15(31)28-20(23)29-16(8)36/h3-6,9-12,17-18,32-35H,1-2H2,(H,37,38)(H2,22,26,27)(H3,23,28,29,36)/t5-,6-,9-,10-,11-,12-,17-,18-/m1/s1. The summed E-state index contributed by atoms with van der Waals surface area (Å²) in [5.41, 5.74) is 10.2. The lowest BCUT2D eigenvalue weighted by Gasteiger charge is -2.24. The molecule has 2 aliphatic heterocycles. The molecule has 4 aromatic heterocycles. The van der Waals surface area contributed by atoms with E-state index in [2.05, 4.69) is 29.9 Å². The number of imidazole rings is 2. The van der Waals surface area contributed by atoms with Crippen LogP contribution in [0.3, 0.4) is 0 Å². The normalized spacial score (nSPS) is 30.8. The third-order valence-electron chi connectivity index (χ3n) is 6.91. The Bertz CT molecular complexity index is 1790. The number of aromatic nitrogens is 8. The molecule has 1 unspecified atom stereocenters. The van der Waals surface area contributed by atoms with Gasteiger partial charge in [-0.25, -0.2) is 14.5 Å². The average Bonchev–Trinajstić information content (AvgIpc) is 3.69. The Kier molecular flexibility index (Phi) is 7.37. The fraction of sp³-hybridized carbons (Fsp3) is 0.500. The third-order valence-corrected chi connectivity index (χ3v) is 7.89. The quantitative estimate of drug-likeness (QED) is 0.0695. The largest absolute Gasteiger partial charge is 0.472 e. The zero-order valence-electron chi connectivity index (χ0n) is 21.5. The Labute approximate surface area is 237 Å². The Hall–Kier alpha value is -3.70. The number of halogens is 1. The van der Waals surface area contributed by atoms with E-state index in [-0.39, 0.29) is 34.1 Å². The number of ether oxygens (including phenoxy) is 2. The zero-order valence-corrected chi connectivity index (χ0v) is 22.4. The molecular formula is C20H24FN10O11P. The number of rotatable bonds is 8. The van der Waals surface area contributed by atoms with Gasteiger partial charge in [-0.1, -0.05) is 0 Å². The molecule has 0 bridgehead atoms. The maximum atomic E-state index is 13.8. The predicted octanol–water partition coefficient (Wildman–Crippen LogP) is -3.36. The van der Waals surface area contributed by atoms with Gasteiger partial charge in [-0.15, -0.1) is 0 Å². The van der Waals surface area contributed by atoms with Crippen LogP contribution in [-0.4, -0.2) is 114 Å². The van der Waals surface area contributed by atoms with Crippen LogP contribution in [0.5, 0.6) is 0 Å². The van der Waals surface area contributed by atoms with Crippen molar-refractivity contribution in [3.63, 3.8) is 0 Å². The number of hydrogen-bond acceptors (Lipinski definition) is 17. The molecule has 6 heterocycles. The average molecular weight is 630 g/mol. The Morgan fingerprint density at radius 1 is 0.977 bits per heavy atom. The molecule has 2 aliphatic rings. The van der Waals surface area contributed by atoms with Crippen LogP contribution >= 0.6 is 7.82 Å². The summed E-state index contributed by atoms with van der Waals surface area (Å²) in [5.74, 6) is -0.549. The lowest BCUT2D eigenvalue weighted by atomic mass is 10.1. The SMILES string of the molecule is Nc1nc2c(ncn2[C@@H]2O[C@H](CO)[C@@H](O)[C@H]2OP(=O)(O)OC[C@H]2O[C@@H](n3cnc4c(N)nc(F)nc43)[C@H](O)[C@@H]2O)c(=O)[nH]1. The highest BCUT2D eigenvalue weighted by Crippen LogP contribution is 2.50. The number of nitrogen functional groups attached to an aromatic ring is 2. The van der Waals surface area contributed by atoms with Crippen LogP contribution in [0.2, 0.25) is 0 Å². The highest BCUT2D eigenvalue weighted by Gasteiger charge is 2.50. The molecule has 0 aliphatic carbocycles. The van der Waals surface area contributed by atoms with Crippen molar-refractivity contribution in [2.24, 2.45) is 0 Å². The molecule has 0 radical (unpaired) electrons. The van der Waals surface area contributed by atoms with Crippen molar-refractivity contribution in [1.82, 2.24) is 39.0 Å². The second-order valence-corrected chi connectivity index (χ2v) is 11.0. The second-order valence-electron chi connectivity index (χ2n) is 9.60. The first kappa shape index (κ1) is 29.4. The number of anilines is 2. The maximum Gasteiger partial charge on any atom is 0.472 e. The summed E-state index contributed by atoms with van der Waals surface area (Å²) >= 11 is 0. The van der Waals surface area contributed by atoms with Crippen molar-refractivity contribution < 1.29 is 52.8 Å². The van der Waals surface area contributed by atoms with Gasteiger partial charge in [0.1, 0.15) is 36.6 Å². The van der Waals surface area contributed by atoms with Crippen molar-refractivity contribution in [1.29, 1.82) is 0 Å². The molecule has 2 fully saturated rings. The molecule has 0 aromatic carbocycles. The van der Waals surface area contributed by atoms with Crippen molar-refractivity contribution in [2.45, 2.75) is 49.1 Å². The number of nitrogens with zero attached hydrogens (tertiary/aromatic N) is 7. The van der Waals surface area contributed by atoms with Crippen molar-refractivity contribution in [2.75, 3.05) is 24.7 Å². The Morgan fingerprint density at radius 3 is 2.35 bits per heavy atom. The molecule has 23 heteroatoms. The molecule has 6 rings (SSSR count). The molecule has 2 saturated heterocycles. The van der Waals surface area contributed by atoms with Crippen LogP contribution < -0.4 is 17.0 Å². The van der Waals surface area contributed by atoms with E-state index in [1.165, 1.54) is 0 Å². The van der Waals surface area contributed by atoms with Gasteiger partial charge in [0.15, 0.2) is 40.6 Å². The second kappa shape index (κ2) is 10.8. The first-order valence-corrected chi connectivity index (χ1v) is 13.9. The lowest BCUT2D eigenvalue weighted by Crippen LogP contribution is -2.36. The number of nitrogens with one attached hydrogen (secondary N) is 1. The van der Waals surface area contributed by atoms with Crippen molar-refractivity contribution in [3.05, 3.63) is 29.1 Å². The zero-order chi connectivity index (χ0) is 30.8. The summed E-state index contributed by atoms with van der Waals surface area (Å²) in [5, 5.41) is 41.4. The van der Waals surface area contributed by atoms with Crippen LogP contribution in [0.4, 0.5) is 16.2 Å². The van der Waals surface area contributed by atoms with Gasteiger partial charge < -0.3 is 46.3 Å². The number of aromatic amines is 1. The van der Waals surface area contributed by atoms with Gasteiger partial charge in [-0.2, -0.15) is 19.3 Å². The Balaban J connectivity index is 1.19. The lowest BCUT2D eigenvalue weighted by molar-refractivity contribution is -0.0616. The number of phosphoric acid groups is 1. The summed E-state index contributed by atoms with van der Waals surface area (Å²) in [6, 6.07) is 0. The minimum atomic E-state index is -5.11. The van der Waals surface area contributed by atoms with E-state index in [0.717, 1.165) is 21.8 Å². The third kappa shape index (κ3) is 5.12. The summed E-state index contributed by atoms with van der Waals surface area (Å²) in [6.07, 6.45) is -11.2. The van der Waals surface area contributed by atoms with E-state index in [1.807, 2.05) is 0 Å². The van der Waals surface area contributed by atoms with Crippen LogP contribution in [0.25, 0.3) is 22.3 Å². The number of aliphatic hydroxyl groups is 4. The van der Waals surface area contributed by atoms with Crippen LogP contribution in [-0.2, 0) is 23.1 Å². The molecule has 0 amide bonds. The van der Waals surface area contributed by atoms with Crippen LogP contribution in [0.15, 0.2) is 17.4 Å². The fourth-order valence-corrected chi connectivity index (χ4v) is 5.81. The first-order valence-electron chi connectivity index (χ1n) is 12.4. The number of phosphoric ester groups is 1. The summed E-state index contributed by atoms with van der Waals surface area (Å²) in [7, 11) is -5.11. The van der Waals surface area contributed by atoms with Gasteiger partial charge in [0, 0.05) is 0 Å². The van der Waals surface area contributed by atoms with E-state index in [4.69, 9.17) is 30.0 Å². The maximum absolute atomic E-state index is 13.8. The minimum Gasteiger partial charge on any atom is -0.394 e. The van der Waals surface area contributed by atoms with E-state index in [9.17, 15) is 39.1 Å². The summed E-state index contributed by atoms with van der Waals surface area (Å²) in [6.45, 7) is -1.54. The van der Waals surface area contributed by atoms with Crippen molar-refractivity contribution in [3.8, 4) is 0 Å². The summed E-state index contributed by atoms with van der Waals surface area (Å²) < 4.78 is 50.4. The number of fused-ring (bicyclic) bond motifs is 2. The minimum absolute atomic E-state index is 0.000825. The fourth-order valence-electron chi connectivity index (χ4n) is 4.88. The molecule has 9 atom stereocenters. The predicted molar refractivity (Wildman–Crippen MR) is 136 cm³/mol. The van der Waals surface area contributed by atoms with E-state index in [0.29, 0.717) is 0 Å². The van der Waals surface area contributed by atoms with Crippen LogP contribution in [0, 0.1) is 6.08 Å². The van der Waals surface area contributed by atoms with E-state index >= 15 is 0 Å². The molecule has 43 heavy (non-hydrogen) atoms. The highest BCUT2D eigenvalue weighted by atomic mass is 31.2. The van der Waals surface area contributed by atoms with E-state index < -0.39 is 81.8 Å². The molecule has 10 N–H and O–H groups in total. The van der Waals surface area contributed by atoms with Gasteiger partial charge in [0.05, 0.1) is 25.9 Å². The van der Waals surface area contributed by atoms with Gasteiger partial charge in [0.2, 0.25) is 5.95 Å². The van der Waals surface area contributed by atoms with Gasteiger partial charge >= 0.3 is 13.9 Å². The molecule has 0 spiro atoms. The molecule has 0 saturated carbocycles. The number of aliphatic hydroxyl groups excluding tert-OH is 4. The van der Waals surface area contributed by atoms with Gasteiger partial charge in [-0.3, -0.25) is 28.0 Å². The number of H-pyrrole nitrogens is 1. The monoisotopic (exact) mass is 630 g/mol. The van der Waals surface area contributed by atoms with E-state index in [1.54, 1.807) is 0 Å². The van der Waals surface area contributed by atoms with Crippen LogP contribution in [0.1, 0.15) is 12.5 Å². The smallest absolute Gasteiger partial charge is 0.394 e. The molecule has 232 valence electrons. The highest BCUT2D eigenvalue weighted by molar-refractivity contribution is 7.47. The first-order chi connectivity index (χ1) is 20.4. The Morgan fingerprint density at radius 2 is 1.63 bits per heavy atom. The van der Waals surface area contributed by atoms with Gasteiger partial charge in [-0.05, 0) is 0 Å². The number of nitrogens with two attached hydrogens (primary N) is 2. The molecule has 4 aromatic rings. The van der Waals surface area contributed by atoms with Crippen molar-refractivity contribution >= 4 is 41.9 Å². The number of hydrogen-bond donors (Lipinski definition) is 8. The summed E-state index contributed by atoms with van der Waals surface area (Å²) in [4.78, 5) is 43.7. The molecule has 21 nitrogen and oxygen atoms in total. The molecular weight excluding hydrogens is 606 g/mol. The van der Waals surface area contributed by atoms with Gasteiger partial charge in [0.25, 0.3) is 5.56 Å².